The summed E-state index contributed by atoms with van der Waals surface area (Å²) in [6, 6.07) is 19.4. The van der Waals surface area contributed by atoms with E-state index in [1.54, 1.807) is 0 Å². The van der Waals surface area contributed by atoms with Crippen molar-refractivity contribution in [3.8, 4) is 32.7 Å². The summed E-state index contributed by atoms with van der Waals surface area (Å²) in [5, 5.41) is 7.57. The molecule has 5 aromatic rings. The highest BCUT2D eigenvalue weighted by Gasteiger charge is 2.23. The molecule has 0 unspecified atom stereocenters. The summed E-state index contributed by atoms with van der Waals surface area (Å²) in [6.07, 6.45) is 2.07. The van der Waals surface area contributed by atoms with Crippen LogP contribution in [-0.4, -0.2) is 26.4 Å². The summed E-state index contributed by atoms with van der Waals surface area (Å²) in [7, 11) is 0. The number of pyridine rings is 1. The minimum Gasteiger partial charge on any atom is -0.491 e. The Kier molecular flexibility index (Phi) is 5.46. The molecule has 3 aromatic heterocycles. The zero-order valence-corrected chi connectivity index (χ0v) is 19.2. The normalized spacial score (nSPS) is 12.4. The Hall–Kier alpha value is -4.11. The predicted octanol–water partition coefficient (Wildman–Crippen LogP) is 5.88. The van der Waals surface area contributed by atoms with Crippen LogP contribution in [-0.2, 0) is 13.0 Å². The van der Waals surface area contributed by atoms with Crippen molar-refractivity contribution in [2.45, 2.75) is 13.0 Å². The first kappa shape index (κ1) is 21.4. The second-order valence-corrected chi connectivity index (χ2v) is 9.09. The van der Waals surface area contributed by atoms with Gasteiger partial charge < -0.3 is 10.1 Å². The van der Waals surface area contributed by atoms with Gasteiger partial charge in [0.15, 0.2) is 11.6 Å². The molecule has 1 N–H and O–H groups in total. The fraction of sp³-hybridized carbons (Fsp3) is 0.115. The lowest BCUT2D eigenvalue weighted by Gasteiger charge is -2.10. The fourth-order valence-corrected chi connectivity index (χ4v) is 5.23. The average molecular weight is 488 g/mol. The van der Waals surface area contributed by atoms with Gasteiger partial charge in [0.1, 0.15) is 35.1 Å². The van der Waals surface area contributed by atoms with Crippen LogP contribution >= 0.6 is 11.3 Å². The molecule has 1 aliphatic heterocycles. The third kappa shape index (κ3) is 4.15. The first-order chi connectivity index (χ1) is 17.2. The summed E-state index contributed by atoms with van der Waals surface area (Å²) in [6.45, 7) is 1.18. The van der Waals surface area contributed by atoms with Crippen molar-refractivity contribution < 1.29 is 13.5 Å². The van der Waals surface area contributed by atoms with Crippen LogP contribution in [0.4, 0.5) is 14.6 Å². The number of rotatable bonds is 5. The Bertz CT molecular complexity index is 1520. The largest absolute Gasteiger partial charge is 0.491 e. The first-order valence-electron chi connectivity index (χ1n) is 11.1. The average Bonchev–Trinajstić information content (AvgIpc) is 3.48. The van der Waals surface area contributed by atoms with Gasteiger partial charge in [-0.3, -0.25) is 0 Å². The minimum atomic E-state index is -0.704. The van der Waals surface area contributed by atoms with Crippen molar-refractivity contribution in [2.24, 2.45) is 0 Å². The lowest BCUT2D eigenvalue weighted by atomic mass is 10.1. The topological polar surface area (TPSA) is 64.9 Å². The van der Waals surface area contributed by atoms with Gasteiger partial charge >= 0.3 is 0 Å². The summed E-state index contributed by atoms with van der Waals surface area (Å²) < 4.78 is 35.2. The zero-order chi connectivity index (χ0) is 23.8. The van der Waals surface area contributed by atoms with Gasteiger partial charge in [0, 0.05) is 19.0 Å². The molecule has 0 radical (unpaired) electrons. The highest BCUT2D eigenvalue weighted by molar-refractivity contribution is 7.19. The molecule has 0 atom stereocenters. The van der Waals surface area contributed by atoms with Gasteiger partial charge in [0.25, 0.3) is 0 Å². The van der Waals surface area contributed by atoms with E-state index < -0.39 is 11.6 Å². The third-order valence-corrected chi connectivity index (χ3v) is 6.91. The Morgan fingerprint density at radius 3 is 2.77 bits per heavy atom. The number of nitrogens with one attached hydrogen (secondary N) is 1. The number of ether oxygens (including phenoxy) is 1. The van der Waals surface area contributed by atoms with E-state index in [0.717, 1.165) is 38.5 Å². The molecule has 0 spiro atoms. The van der Waals surface area contributed by atoms with Crippen LogP contribution in [0.5, 0.6) is 5.75 Å². The number of fused-ring (bicyclic) bond motifs is 3. The predicted molar refractivity (Wildman–Crippen MR) is 131 cm³/mol. The second kappa shape index (κ2) is 8.92. The van der Waals surface area contributed by atoms with E-state index in [1.165, 1.54) is 34.5 Å². The van der Waals surface area contributed by atoms with E-state index in [4.69, 9.17) is 9.72 Å². The smallest absolute Gasteiger partial charge is 0.173 e. The number of hydrogen-bond donors (Lipinski definition) is 1. The minimum absolute atomic E-state index is 0.136. The van der Waals surface area contributed by atoms with Crippen molar-refractivity contribution in [3.63, 3.8) is 0 Å². The van der Waals surface area contributed by atoms with Gasteiger partial charge in [0.2, 0.25) is 0 Å². The van der Waals surface area contributed by atoms with Gasteiger partial charge in [-0.2, -0.15) is 5.10 Å². The molecular formula is C26H19F2N5OS. The van der Waals surface area contributed by atoms with Gasteiger partial charge in [-0.15, -0.1) is 11.3 Å². The molecule has 0 amide bonds. The Morgan fingerprint density at radius 2 is 1.91 bits per heavy atom. The van der Waals surface area contributed by atoms with E-state index in [9.17, 15) is 8.78 Å². The molecule has 6 nitrogen and oxygen atoms in total. The molecule has 6 rings (SSSR count). The molecule has 0 saturated heterocycles. The van der Waals surface area contributed by atoms with Crippen molar-refractivity contribution in [3.05, 3.63) is 95.8 Å². The third-order valence-electron chi connectivity index (χ3n) is 5.73. The molecule has 0 saturated carbocycles. The summed E-state index contributed by atoms with van der Waals surface area (Å²) in [4.78, 5) is 11.0. The molecule has 2 aromatic carbocycles. The van der Waals surface area contributed by atoms with E-state index in [0.29, 0.717) is 31.1 Å². The van der Waals surface area contributed by atoms with Crippen LogP contribution in [0.3, 0.4) is 0 Å². The number of thiophene rings is 1. The van der Waals surface area contributed by atoms with Gasteiger partial charge in [-0.05, 0) is 41.5 Å². The Labute approximate surface area is 203 Å². The summed E-state index contributed by atoms with van der Waals surface area (Å²) in [5.41, 5.74) is 3.13. The van der Waals surface area contributed by atoms with Gasteiger partial charge in [-0.1, -0.05) is 30.3 Å². The van der Waals surface area contributed by atoms with Crippen LogP contribution in [0.1, 0.15) is 11.1 Å². The maximum atomic E-state index is 14.5. The fourth-order valence-electron chi connectivity index (χ4n) is 4.05. The Morgan fingerprint density at radius 1 is 1.03 bits per heavy atom. The van der Waals surface area contributed by atoms with Crippen molar-refractivity contribution in [1.82, 2.24) is 19.7 Å². The number of halogens is 2. The standard InChI is InChI=1S/C26H19F2N5OS/c27-18-6-7-20(19(28)13-18)33-26(30-15-31-33)22-12-17-10-11-34-21-8-9-23(32-24(21)25(17)35-22)29-14-16-4-2-1-3-5-16/h1-9,12-13,15H,10-11,14H2,(H,29,32). The quantitative estimate of drug-likeness (QED) is 0.335. The van der Waals surface area contributed by atoms with E-state index in [1.807, 2.05) is 36.4 Å². The number of nitrogens with zero attached hydrogens (tertiary/aromatic N) is 4. The van der Waals surface area contributed by atoms with Crippen molar-refractivity contribution >= 4 is 17.2 Å². The van der Waals surface area contributed by atoms with E-state index in [2.05, 4.69) is 27.5 Å². The lowest BCUT2D eigenvalue weighted by molar-refractivity contribution is 0.325. The summed E-state index contributed by atoms with van der Waals surface area (Å²) in [5.74, 6) is 0.595. The lowest BCUT2D eigenvalue weighted by Crippen LogP contribution is -2.03. The molecular weight excluding hydrogens is 468 g/mol. The monoisotopic (exact) mass is 487 g/mol. The van der Waals surface area contributed by atoms with Crippen LogP contribution in [0.15, 0.2) is 73.1 Å². The van der Waals surface area contributed by atoms with Crippen molar-refractivity contribution in [1.29, 1.82) is 0 Å². The Balaban J connectivity index is 1.36. The number of anilines is 1. The van der Waals surface area contributed by atoms with Gasteiger partial charge in [0.05, 0.1) is 16.4 Å². The maximum absolute atomic E-state index is 14.5. The molecule has 174 valence electrons. The van der Waals surface area contributed by atoms with Gasteiger partial charge in [-0.25, -0.2) is 23.4 Å². The molecule has 4 heterocycles. The highest BCUT2D eigenvalue weighted by atomic mass is 32.1. The summed E-state index contributed by atoms with van der Waals surface area (Å²) >= 11 is 1.50. The zero-order valence-electron chi connectivity index (χ0n) is 18.4. The number of hydrogen-bond acceptors (Lipinski definition) is 6. The molecule has 1 aliphatic rings. The number of aromatic nitrogens is 4. The van der Waals surface area contributed by atoms with Crippen LogP contribution in [0.2, 0.25) is 0 Å². The van der Waals surface area contributed by atoms with Crippen LogP contribution < -0.4 is 10.1 Å². The SMILES string of the molecule is Fc1ccc(-n2ncnc2-c2cc3c(s2)-c2nc(NCc4ccccc4)ccc2OCC3)c(F)c1. The highest BCUT2D eigenvalue weighted by Crippen LogP contribution is 2.43. The second-order valence-electron chi connectivity index (χ2n) is 8.04. The molecule has 9 heteroatoms. The molecule has 0 fully saturated rings. The molecule has 0 bridgehead atoms. The van der Waals surface area contributed by atoms with Crippen LogP contribution in [0, 0.1) is 11.6 Å². The van der Waals surface area contributed by atoms with E-state index in [-0.39, 0.29) is 5.69 Å². The maximum Gasteiger partial charge on any atom is 0.173 e. The molecule has 35 heavy (non-hydrogen) atoms. The van der Waals surface area contributed by atoms with Crippen LogP contribution in [0.25, 0.3) is 27.0 Å². The molecule has 0 aliphatic carbocycles. The van der Waals surface area contributed by atoms with Crippen molar-refractivity contribution in [2.75, 3.05) is 11.9 Å². The van der Waals surface area contributed by atoms with E-state index >= 15 is 0 Å². The first-order valence-corrected chi connectivity index (χ1v) is 11.9. The number of benzene rings is 2.